The molecule has 9 heteroatoms. The van der Waals surface area contributed by atoms with E-state index < -0.39 is 23.7 Å². The number of carbonyl (C=O) groups is 3. The molecule has 3 rings (SSSR count). The van der Waals surface area contributed by atoms with Crippen LogP contribution in [0.3, 0.4) is 0 Å². The third-order valence-electron chi connectivity index (χ3n) is 3.98. The minimum atomic E-state index is -0.663. The van der Waals surface area contributed by atoms with Gasteiger partial charge in [0.2, 0.25) is 0 Å². The largest absolute Gasteiger partial charge is 0.468 e. The first-order chi connectivity index (χ1) is 11.8. The number of amides is 2. The number of hydrogen-bond acceptors (Lipinski definition) is 6. The van der Waals surface area contributed by atoms with Crippen LogP contribution in [0.25, 0.3) is 17.1 Å². The summed E-state index contributed by atoms with van der Waals surface area (Å²) in [7, 11) is 4.54. The SMILES string of the molecule is COC(=O)CN1C(=O)S/C(=C/c2ccc3c(c2)n(C)c(=O)n3C)C1=O. The monoisotopic (exact) mass is 361 g/mol. The Kier molecular flexibility index (Phi) is 4.25. The molecule has 1 aromatic heterocycles. The molecule has 2 heterocycles. The van der Waals surface area contributed by atoms with Gasteiger partial charge < -0.3 is 4.74 Å². The summed E-state index contributed by atoms with van der Waals surface area (Å²) in [5.74, 6) is -1.20. The number of aromatic nitrogens is 2. The molecule has 25 heavy (non-hydrogen) atoms. The molecule has 1 aromatic carbocycles. The van der Waals surface area contributed by atoms with E-state index in [0.29, 0.717) is 5.56 Å². The second-order valence-corrected chi connectivity index (χ2v) is 6.49. The van der Waals surface area contributed by atoms with E-state index in [4.69, 9.17) is 0 Å². The molecule has 0 N–H and O–H groups in total. The van der Waals surface area contributed by atoms with Crippen LogP contribution >= 0.6 is 11.8 Å². The molecule has 8 nitrogen and oxygen atoms in total. The first kappa shape index (κ1) is 17.0. The lowest BCUT2D eigenvalue weighted by Crippen LogP contribution is -2.34. The van der Waals surface area contributed by atoms with Gasteiger partial charge in [0.05, 0.1) is 23.0 Å². The fourth-order valence-corrected chi connectivity index (χ4v) is 3.43. The van der Waals surface area contributed by atoms with E-state index in [1.54, 1.807) is 38.4 Å². The molecular formula is C16H15N3O5S. The maximum absolute atomic E-state index is 12.3. The number of fused-ring (bicyclic) bond motifs is 1. The summed E-state index contributed by atoms with van der Waals surface area (Å²) in [6.07, 6.45) is 1.57. The van der Waals surface area contributed by atoms with Crippen molar-refractivity contribution in [2.24, 2.45) is 14.1 Å². The fraction of sp³-hybridized carbons (Fsp3) is 0.250. The molecule has 0 atom stereocenters. The Bertz CT molecular complexity index is 1000. The van der Waals surface area contributed by atoms with E-state index in [0.717, 1.165) is 27.7 Å². The number of ether oxygens (including phenoxy) is 1. The van der Waals surface area contributed by atoms with Gasteiger partial charge in [-0.25, -0.2) is 4.79 Å². The zero-order valence-electron chi connectivity index (χ0n) is 13.8. The summed E-state index contributed by atoms with van der Waals surface area (Å²) in [5.41, 5.74) is 2.02. The summed E-state index contributed by atoms with van der Waals surface area (Å²) in [6, 6.07) is 5.31. The zero-order chi connectivity index (χ0) is 18.3. The predicted octanol–water partition coefficient (Wildman–Crippen LogP) is 1.09. The van der Waals surface area contributed by atoms with E-state index in [2.05, 4.69) is 4.74 Å². The Balaban J connectivity index is 1.96. The molecule has 1 aliphatic rings. The second-order valence-electron chi connectivity index (χ2n) is 5.49. The van der Waals surface area contributed by atoms with Gasteiger partial charge in [0.25, 0.3) is 11.1 Å². The van der Waals surface area contributed by atoms with Crippen molar-refractivity contribution < 1.29 is 19.1 Å². The fourth-order valence-electron chi connectivity index (χ4n) is 2.59. The number of benzene rings is 1. The average molecular weight is 361 g/mol. The molecule has 0 radical (unpaired) electrons. The minimum absolute atomic E-state index is 0.148. The summed E-state index contributed by atoms with van der Waals surface area (Å²) in [5, 5.41) is -0.519. The molecule has 0 unspecified atom stereocenters. The van der Waals surface area contributed by atoms with E-state index in [-0.39, 0.29) is 10.6 Å². The van der Waals surface area contributed by atoms with Gasteiger partial charge in [0.15, 0.2) is 0 Å². The highest BCUT2D eigenvalue weighted by molar-refractivity contribution is 8.18. The molecular weight excluding hydrogens is 346 g/mol. The van der Waals surface area contributed by atoms with Crippen LogP contribution in [0.15, 0.2) is 27.9 Å². The molecule has 0 saturated carbocycles. The Morgan fingerprint density at radius 1 is 1.16 bits per heavy atom. The van der Waals surface area contributed by atoms with Crippen molar-refractivity contribution in [1.29, 1.82) is 0 Å². The lowest BCUT2D eigenvalue weighted by atomic mass is 10.2. The van der Waals surface area contributed by atoms with Crippen LogP contribution in [-0.2, 0) is 28.4 Å². The Morgan fingerprint density at radius 2 is 1.84 bits per heavy atom. The Morgan fingerprint density at radius 3 is 2.52 bits per heavy atom. The predicted molar refractivity (Wildman–Crippen MR) is 92.9 cm³/mol. The van der Waals surface area contributed by atoms with E-state index in [1.165, 1.54) is 16.2 Å². The van der Waals surface area contributed by atoms with E-state index in [1.807, 2.05) is 0 Å². The molecule has 1 fully saturated rings. The topological polar surface area (TPSA) is 90.6 Å². The molecule has 2 aromatic rings. The summed E-state index contributed by atoms with van der Waals surface area (Å²) >= 11 is 0.764. The van der Waals surface area contributed by atoms with Gasteiger partial charge in [-0.3, -0.25) is 28.4 Å². The summed E-state index contributed by atoms with van der Waals surface area (Å²) in [6.45, 7) is -0.412. The van der Waals surface area contributed by atoms with Crippen LogP contribution in [0, 0.1) is 0 Å². The number of nitrogens with zero attached hydrogens (tertiary/aromatic N) is 3. The van der Waals surface area contributed by atoms with Gasteiger partial charge >= 0.3 is 11.7 Å². The second kappa shape index (κ2) is 6.25. The average Bonchev–Trinajstić information content (AvgIpc) is 2.98. The highest BCUT2D eigenvalue weighted by Gasteiger charge is 2.36. The van der Waals surface area contributed by atoms with Gasteiger partial charge in [0, 0.05) is 14.1 Å². The van der Waals surface area contributed by atoms with Gasteiger partial charge in [-0.15, -0.1) is 0 Å². The molecule has 0 aliphatic carbocycles. The number of imidazole rings is 1. The lowest BCUT2D eigenvalue weighted by Gasteiger charge is -2.09. The van der Waals surface area contributed by atoms with E-state index >= 15 is 0 Å². The van der Waals surface area contributed by atoms with Crippen LogP contribution < -0.4 is 5.69 Å². The maximum atomic E-state index is 12.3. The first-order valence-corrected chi connectivity index (χ1v) is 8.12. The van der Waals surface area contributed by atoms with Crippen molar-refractivity contribution in [2.75, 3.05) is 13.7 Å². The number of imide groups is 1. The number of rotatable bonds is 3. The molecule has 1 saturated heterocycles. The van der Waals surface area contributed by atoms with Crippen LogP contribution in [0.1, 0.15) is 5.56 Å². The summed E-state index contributed by atoms with van der Waals surface area (Å²) < 4.78 is 7.53. The number of hydrogen-bond donors (Lipinski definition) is 0. The number of carbonyl (C=O) groups excluding carboxylic acids is 3. The maximum Gasteiger partial charge on any atom is 0.328 e. The normalized spacial score (nSPS) is 16.3. The standard InChI is InChI=1S/C16H15N3O5S/c1-17-10-5-4-9(6-11(10)18(2)15(17)22)7-12-14(21)19(16(23)25-12)8-13(20)24-3/h4-7H,8H2,1-3H3/b12-7+. The number of esters is 1. The van der Waals surface area contributed by atoms with Gasteiger partial charge in [-0.05, 0) is 35.5 Å². The van der Waals surface area contributed by atoms with Crippen molar-refractivity contribution in [3.05, 3.63) is 39.2 Å². The van der Waals surface area contributed by atoms with E-state index in [9.17, 15) is 19.2 Å². The Hall–Kier alpha value is -2.81. The number of methoxy groups -OCH3 is 1. The first-order valence-electron chi connectivity index (χ1n) is 7.31. The summed E-state index contributed by atoms with van der Waals surface area (Å²) in [4.78, 5) is 48.6. The lowest BCUT2D eigenvalue weighted by molar-refractivity contribution is -0.143. The number of aryl methyl sites for hydroxylation is 2. The molecule has 0 bridgehead atoms. The molecule has 2 amide bonds. The zero-order valence-corrected chi connectivity index (χ0v) is 14.6. The smallest absolute Gasteiger partial charge is 0.328 e. The van der Waals surface area contributed by atoms with Crippen molar-refractivity contribution in [1.82, 2.24) is 14.0 Å². The molecule has 130 valence electrons. The van der Waals surface area contributed by atoms with Gasteiger partial charge in [-0.2, -0.15) is 0 Å². The van der Waals surface area contributed by atoms with Crippen LogP contribution in [0.5, 0.6) is 0 Å². The van der Waals surface area contributed by atoms with Gasteiger partial charge in [-0.1, -0.05) is 6.07 Å². The Labute approximate surface area is 146 Å². The van der Waals surface area contributed by atoms with Crippen molar-refractivity contribution in [3.63, 3.8) is 0 Å². The third-order valence-corrected chi connectivity index (χ3v) is 4.89. The van der Waals surface area contributed by atoms with Crippen LogP contribution in [0.4, 0.5) is 4.79 Å². The highest BCUT2D eigenvalue weighted by atomic mass is 32.2. The van der Waals surface area contributed by atoms with Crippen LogP contribution in [0.2, 0.25) is 0 Å². The molecule has 0 spiro atoms. The van der Waals surface area contributed by atoms with Crippen molar-refractivity contribution >= 4 is 46.0 Å². The quantitative estimate of drug-likeness (QED) is 0.600. The van der Waals surface area contributed by atoms with Crippen LogP contribution in [-0.4, -0.2) is 44.8 Å². The van der Waals surface area contributed by atoms with Gasteiger partial charge in [0.1, 0.15) is 6.54 Å². The number of thioether (sulfide) groups is 1. The third kappa shape index (κ3) is 2.86. The van der Waals surface area contributed by atoms with Crippen molar-refractivity contribution in [3.8, 4) is 0 Å². The van der Waals surface area contributed by atoms with Crippen molar-refractivity contribution in [2.45, 2.75) is 0 Å². The minimum Gasteiger partial charge on any atom is -0.468 e. The molecule has 1 aliphatic heterocycles. The highest BCUT2D eigenvalue weighted by Crippen LogP contribution is 2.32.